The van der Waals surface area contributed by atoms with Gasteiger partial charge in [0.2, 0.25) is 0 Å². The fourth-order valence-electron chi connectivity index (χ4n) is 2.14. The monoisotopic (exact) mass is 284 g/mol. The number of hydrogen-bond donors (Lipinski definition) is 2. The first kappa shape index (κ1) is 11.9. The molecule has 0 aliphatic carbocycles. The molecule has 0 radical (unpaired) electrons. The van der Waals surface area contributed by atoms with E-state index in [0.717, 1.165) is 23.1 Å². The molecule has 1 heterocycles. The van der Waals surface area contributed by atoms with Gasteiger partial charge >= 0.3 is 0 Å². The van der Waals surface area contributed by atoms with Crippen molar-refractivity contribution < 1.29 is 5.21 Å². The van der Waals surface area contributed by atoms with Crippen LogP contribution in [0.4, 0.5) is 5.69 Å². The lowest BCUT2D eigenvalue weighted by molar-refractivity contribution is 0.161. The number of nitrogens with one attached hydrogen (secondary N) is 1. The molecule has 0 spiro atoms. The molecule has 0 aromatic heterocycles. The molecule has 0 atom stereocenters. The largest absolute Gasteiger partial charge is 0.371 e. The summed E-state index contributed by atoms with van der Waals surface area (Å²) in [4.78, 5) is 2.42. The van der Waals surface area contributed by atoms with Crippen molar-refractivity contribution in [3.63, 3.8) is 0 Å². The topological polar surface area (TPSA) is 35.5 Å². The molecule has 1 fully saturated rings. The summed E-state index contributed by atoms with van der Waals surface area (Å²) in [5.74, 6) is 0. The second-order valence-corrected chi connectivity index (χ2v) is 5.02. The smallest absolute Gasteiger partial charge is 0.0510 e. The molecule has 3 nitrogen and oxygen atoms in total. The lowest BCUT2D eigenvalue weighted by atomic mass is 10.1. The van der Waals surface area contributed by atoms with Crippen molar-refractivity contribution in [1.82, 2.24) is 5.48 Å². The molecule has 0 bridgehead atoms. The molecule has 1 aromatic carbocycles. The molecule has 2 N–H and O–H groups in total. The van der Waals surface area contributed by atoms with Crippen LogP contribution < -0.4 is 10.4 Å². The molecule has 1 aromatic rings. The predicted molar refractivity (Wildman–Crippen MR) is 68.8 cm³/mol. The van der Waals surface area contributed by atoms with Gasteiger partial charge in [-0.25, -0.2) is 5.48 Å². The van der Waals surface area contributed by atoms with Crippen molar-refractivity contribution in [3.8, 4) is 0 Å². The zero-order valence-electron chi connectivity index (χ0n) is 9.25. The summed E-state index contributed by atoms with van der Waals surface area (Å²) in [5.41, 5.74) is 4.52. The third kappa shape index (κ3) is 2.75. The van der Waals surface area contributed by atoms with Crippen LogP contribution in [0.5, 0.6) is 0 Å². The number of anilines is 1. The van der Waals surface area contributed by atoms with Crippen LogP contribution in [0.25, 0.3) is 0 Å². The van der Waals surface area contributed by atoms with Crippen molar-refractivity contribution in [2.45, 2.75) is 25.8 Å². The fourth-order valence-corrected chi connectivity index (χ4v) is 2.82. The molecule has 2 rings (SSSR count). The summed E-state index contributed by atoms with van der Waals surface area (Å²) in [7, 11) is 0. The maximum atomic E-state index is 8.65. The minimum Gasteiger partial charge on any atom is -0.371 e. The average molecular weight is 285 g/mol. The number of hydrogen-bond acceptors (Lipinski definition) is 3. The molecular weight excluding hydrogens is 268 g/mol. The highest BCUT2D eigenvalue weighted by Crippen LogP contribution is 2.29. The summed E-state index contributed by atoms with van der Waals surface area (Å²) in [5, 5.41) is 8.65. The summed E-state index contributed by atoms with van der Waals surface area (Å²) in [6.45, 7) is 2.78. The van der Waals surface area contributed by atoms with Gasteiger partial charge in [0.1, 0.15) is 0 Å². The quantitative estimate of drug-likeness (QED) is 0.838. The maximum absolute atomic E-state index is 8.65. The average Bonchev–Trinajstić information content (AvgIpc) is 2.31. The molecule has 1 aliphatic rings. The molecule has 0 amide bonds. The van der Waals surface area contributed by atoms with E-state index in [0.29, 0.717) is 6.54 Å². The minimum absolute atomic E-state index is 0.485. The van der Waals surface area contributed by atoms with Crippen molar-refractivity contribution in [2.24, 2.45) is 0 Å². The van der Waals surface area contributed by atoms with E-state index in [9.17, 15) is 0 Å². The Hall–Kier alpha value is -0.580. The third-order valence-electron chi connectivity index (χ3n) is 2.99. The van der Waals surface area contributed by atoms with Crippen LogP contribution in [-0.2, 0) is 6.54 Å². The van der Waals surface area contributed by atoms with Crippen LogP contribution >= 0.6 is 15.9 Å². The fraction of sp³-hybridized carbons (Fsp3) is 0.500. The molecular formula is C12H17BrN2O. The Morgan fingerprint density at radius 1 is 1.25 bits per heavy atom. The van der Waals surface area contributed by atoms with Crippen LogP contribution in [0.1, 0.15) is 24.8 Å². The Kier molecular flexibility index (Phi) is 4.21. The molecule has 0 saturated carbocycles. The van der Waals surface area contributed by atoms with E-state index < -0.39 is 0 Å². The first-order valence-electron chi connectivity index (χ1n) is 5.71. The van der Waals surface area contributed by atoms with Crippen LogP contribution in [0, 0.1) is 0 Å². The molecule has 0 unspecified atom stereocenters. The van der Waals surface area contributed by atoms with Gasteiger partial charge in [0.25, 0.3) is 0 Å². The maximum Gasteiger partial charge on any atom is 0.0510 e. The van der Waals surface area contributed by atoms with Gasteiger partial charge in [0, 0.05) is 24.1 Å². The van der Waals surface area contributed by atoms with Gasteiger partial charge in [0.05, 0.1) is 5.69 Å². The van der Waals surface area contributed by atoms with Gasteiger partial charge in [-0.2, -0.15) is 0 Å². The normalized spacial score (nSPS) is 16.5. The van der Waals surface area contributed by atoms with Crippen LogP contribution in [0.15, 0.2) is 22.7 Å². The number of piperidine rings is 1. The third-order valence-corrected chi connectivity index (χ3v) is 3.63. The van der Waals surface area contributed by atoms with Crippen molar-refractivity contribution in [2.75, 3.05) is 18.0 Å². The summed E-state index contributed by atoms with van der Waals surface area (Å²) in [6, 6.07) is 6.24. The molecule has 4 heteroatoms. The van der Waals surface area contributed by atoms with Gasteiger partial charge in [0.15, 0.2) is 0 Å². The number of nitrogens with zero attached hydrogens (tertiary/aromatic N) is 1. The first-order valence-corrected chi connectivity index (χ1v) is 6.51. The highest BCUT2D eigenvalue weighted by Gasteiger charge is 2.13. The van der Waals surface area contributed by atoms with E-state index in [1.165, 1.54) is 24.9 Å². The number of benzene rings is 1. The van der Waals surface area contributed by atoms with Crippen molar-refractivity contribution >= 4 is 21.6 Å². The Balaban J connectivity index is 2.14. The number of rotatable bonds is 3. The molecule has 16 heavy (non-hydrogen) atoms. The van der Waals surface area contributed by atoms with Crippen LogP contribution in [0.2, 0.25) is 0 Å². The molecule has 88 valence electrons. The number of hydroxylamine groups is 1. The zero-order valence-corrected chi connectivity index (χ0v) is 10.8. The lowest BCUT2D eigenvalue weighted by Gasteiger charge is -2.29. The Bertz CT molecular complexity index is 351. The highest BCUT2D eigenvalue weighted by atomic mass is 79.9. The van der Waals surface area contributed by atoms with Crippen molar-refractivity contribution in [1.29, 1.82) is 0 Å². The first-order chi connectivity index (χ1) is 7.81. The van der Waals surface area contributed by atoms with Crippen LogP contribution in [-0.4, -0.2) is 18.3 Å². The standard InChI is InChI=1S/C12H17BrN2O/c13-11-8-10(9-14-16)4-5-12(11)15-6-2-1-3-7-15/h4-5,8,14,16H,1-3,6-7,9H2. The molecule has 1 aliphatic heterocycles. The summed E-state index contributed by atoms with van der Waals surface area (Å²) < 4.78 is 1.11. The zero-order chi connectivity index (χ0) is 11.4. The highest BCUT2D eigenvalue weighted by molar-refractivity contribution is 9.10. The van der Waals surface area contributed by atoms with E-state index in [2.05, 4.69) is 44.5 Å². The van der Waals surface area contributed by atoms with E-state index in [4.69, 9.17) is 5.21 Å². The lowest BCUT2D eigenvalue weighted by Crippen LogP contribution is -2.29. The number of halogens is 1. The van der Waals surface area contributed by atoms with E-state index in [-0.39, 0.29) is 0 Å². The van der Waals surface area contributed by atoms with E-state index in [1.807, 2.05) is 0 Å². The van der Waals surface area contributed by atoms with Gasteiger partial charge in [-0.05, 0) is 52.9 Å². The van der Waals surface area contributed by atoms with E-state index >= 15 is 0 Å². The van der Waals surface area contributed by atoms with Gasteiger partial charge in [-0.3, -0.25) is 0 Å². The van der Waals surface area contributed by atoms with Gasteiger partial charge in [-0.1, -0.05) is 6.07 Å². The van der Waals surface area contributed by atoms with Crippen molar-refractivity contribution in [3.05, 3.63) is 28.2 Å². The Morgan fingerprint density at radius 2 is 2.00 bits per heavy atom. The van der Waals surface area contributed by atoms with Gasteiger partial charge in [-0.15, -0.1) is 0 Å². The second kappa shape index (κ2) is 5.66. The predicted octanol–water partition coefficient (Wildman–Crippen LogP) is 2.92. The van der Waals surface area contributed by atoms with Crippen LogP contribution in [0.3, 0.4) is 0 Å². The Morgan fingerprint density at radius 3 is 2.62 bits per heavy atom. The van der Waals surface area contributed by atoms with E-state index in [1.54, 1.807) is 0 Å². The summed E-state index contributed by atoms with van der Waals surface area (Å²) in [6.07, 6.45) is 3.92. The summed E-state index contributed by atoms with van der Waals surface area (Å²) >= 11 is 3.60. The Labute approximate surface area is 105 Å². The minimum atomic E-state index is 0.485. The van der Waals surface area contributed by atoms with Gasteiger partial charge < -0.3 is 10.1 Å². The SMILES string of the molecule is ONCc1ccc(N2CCCCC2)c(Br)c1. The molecule has 1 saturated heterocycles. The second-order valence-electron chi connectivity index (χ2n) is 4.17.